The molecule has 26 heavy (non-hydrogen) atoms. The second-order valence-electron chi connectivity index (χ2n) is 6.10. The highest BCUT2D eigenvalue weighted by atomic mass is 32.2. The van der Waals surface area contributed by atoms with Crippen LogP contribution in [-0.2, 0) is 5.75 Å². The molecule has 130 valence electrons. The molecule has 2 aromatic heterocycles. The lowest BCUT2D eigenvalue weighted by molar-refractivity contribution is 0.466. The smallest absolute Gasteiger partial charge is 0.277 e. The van der Waals surface area contributed by atoms with Crippen LogP contribution in [0.5, 0.6) is 0 Å². The van der Waals surface area contributed by atoms with Crippen molar-refractivity contribution in [2.24, 2.45) is 0 Å². The molecule has 0 aliphatic heterocycles. The maximum atomic E-state index is 5.80. The summed E-state index contributed by atoms with van der Waals surface area (Å²) in [5.41, 5.74) is 5.71. The Bertz CT molecular complexity index is 1010. The summed E-state index contributed by atoms with van der Waals surface area (Å²) in [6.45, 7) is 4.17. The number of aromatic nitrogens is 4. The maximum absolute atomic E-state index is 5.80. The zero-order valence-corrected chi connectivity index (χ0v) is 15.4. The summed E-state index contributed by atoms with van der Waals surface area (Å²) in [6, 6.07) is 14.5. The van der Waals surface area contributed by atoms with Gasteiger partial charge in [-0.15, -0.1) is 10.2 Å². The normalized spacial score (nSPS) is 11.0. The van der Waals surface area contributed by atoms with Gasteiger partial charge in [-0.05, 0) is 54.8 Å². The third-order valence-corrected chi connectivity index (χ3v) is 5.15. The largest absolute Gasteiger partial charge is 0.411 e. The molecule has 0 N–H and O–H groups in total. The van der Waals surface area contributed by atoms with E-state index < -0.39 is 0 Å². The maximum Gasteiger partial charge on any atom is 0.277 e. The van der Waals surface area contributed by atoms with Crippen molar-refractivity contribution >= 4 is 11.8 Å². The first-order valence-corrected chi connectivity index (χ1v) is 9.29. The van der Waals surface area contributed by atoms with Crippen LogP contribution >= 0.6 is 11.8 Å². The Hall–Kier alpha value is -2.86. The summed E-state index contributed by atoms with van der Waals surface area (Å²) in [6.07, 6.45) is 5.49. The highest BCUT2D eigenvalue weighted by Gasteiger charge is 2.10. The molecule has 0 saturated carbocycles. The van der Waals surface area contributed by atoms with Crippen LogP contribution in [0.4, 0.5) is 0 Å². The third-order valence-electron chi connectivity index (χ3n) is 4.26. The van der Waals surface area contributed by atoms with Gasteiger partial charge in [0, 0.05) is 29.4 Å². The van der Waals surface area contributed by atoms with Gasteiger partial charge >= 0.3 is 0 Å². The van der Waals surface area contributed by atoms with E-state index in [-0.39, 0.29) is 0 Å². The Morgan fingerprint density at radius 2 is 1.85 bits per heavy atom. The van der Waals surface area contributed by atoms with Crippen molar-refractivity contribution in [1.82, 2.24) is 19.7 Å². The van der Waals surface area contributed by atoms with E-state index >= 15 is 0 Å². The zero-order chi connectivity index (χ0) is 17.9. The highest BCUT2D eigenvalue weighted by Crippen LogP contribution is 2.27. The van der Waals surface area contributed by atoms with Crippen LogP contribution in [0.25, 0.3) is 17.1 Å². The number of nitrogens with zero attached hydrogens (tertiary/aromatic N) is 4. The molecule has 0 radical (unpaired) electrons. The Morgan fingerprint density at radius 1 is 1.00 bits per heavy atom. The van der Waals surface area contributed by atoms with Crippen LogP contribution in [0.3, 0.4) is 0 Å². The van der Waals surface area contributed by atoms with Gasteiger partial charge in [-0.1, -0.05) is 30.0 Å². The van der Waals surface area contributed by atoms with E-state index in [4.69, 9.17) is 4.42 Å². The molecule has 0 aliphatic rings. The molecular formula is C20H18N4OS. The van der Waals surface area contributed by atoms with Gasteiger partial charge in [-0.2, -0.15) is 0 Å². The first-order chi connectivity index (χ1) is 12.7. The highest BCUT2D eigenvalue weighted by molar-refractivity contribution is 7.98. The van der Waals surface area contributed by atoms with E-state index in [0.717, 1.165) is 17.0 Å². The van der Waals surface area contributed by atoms with Crippen LogP contribution in [0.15, 0.2) is 70.8 Å². The number of thioether (sulfide) groups is 1. The van der Waals surface area contributed by atoms with Crippen molar-refractivity contribution in [2.45, 2.75) is 24.8 Å². The molecule has 2 aromatic carbocycles. The first-order valence-electron chi connectivity index (χ1n) is 8.30. The van der Waals surface area contributed by atoms with Crippen LogP contribution in [-0.4, -0.2) is 19.7 Å². The van der Waals surface area contributed by atoms with Gasteiger partial charge in [0.15, 0.2) is 0 Å². The molecule has 0 atom stereocenters. The van der Waals surface area contributed by atoms with Gasteiger partial charge < -0.3 is 8.98 Å². The molecule has 0 bridgehead atoms. The van der Waals surface area contributed by atoms with Crippen molar-refractivity contribution in [3.8, 4) is 17.1 Å². The van der Waals surface area contributed by atoms with Gasteiger partial charge in [0.05, 0.1) is 6.33 Å². The quantitative estimate of drug-likeness (QED) is 0.476. The van der Waals surface area contributed by atoms with E-state index in [1.165, 1.54) is 16.7 Å². The summed E-state index contributed by atoms with van der Waals surface area (Å²) in [7, 11) is 0. The predicted molar refractivity (Wildman–Crippen MR) is 102 cm³/mol. The number of aryl methyl sites for hydroxylation is 2. The topological polar surface area (TPSA) is 56.7 Å². The molecule has 4 rings (SSSR count). The monoisotopic (exact) mass is 362 g/mol. The number of benzene rings is 2. The molecule has 0 amide bonds. The van der Waals surface area contributed by atoms with Gasteiger partial charge in [-0.25, -0.2) is 4.98 Å². The minimum Gasteiger partial charge on any atom is -0.411 e. The number of hydrogen-bond donors (Lipinski definition) is 0. The van der Waals surface area contributed by atoms with Crippen molar-refractivity contribution in [1.29, 1.82) is 0 Å². The summed E-state index contributed by atoms with van der Waals surface area (Å²) in [5, 5.41) is 8.90. The first kappa shape index (κ1) is 16.6. The van der Waals surface area contributed by atoms with Crippen molar-refractivity contribution in [3.05, 3.63) is 77.9 Å². The molecule has 0 aliphatic carbocycles. The van der Waals surface area contributed by atoms with E-state index in [1.54, 1.807) is 24.3 Å². The summed E-state index contributed by atoms with van der Waals surface area (Å²) in [4.78, 5) is 4.07. The van der Waals surface area contributed by atoms with Crippen LogP contribution in [0.1, 0.15) is 16.7 Å². The molecule has 0 spiro atoms. The van der Waals surface area contributed by atoms with Gasteiger partial charge in [-0.3, -0.25) is 0 Å². The van der Waals surface area contributed by atoms with Crippen molar-refractivity contribution < 1.29 is 4.42 Å². The minimum absolute atomic E-state index is 0.561. The molecule has 6 heteroatoms. The summed E-state index contributed by atoms with van der Waals surface area (Å²) < 4.78 is 7.77. The molecule has 0 unspecified atom stereocenters. The second kappa shape index (κ2) is 7.17. The standard InChI is InChI=1S/C20H18N4OS/c1-14-3-6-17(11-15(14)2)19-22-23-20(25-19)26-12-16-4-7-18(8-5-16)24-10-9-21-13-24/h3-11,13H,12H2,1-2H3. The zero-order valence-electron chi connectivity index (χ0n) is 14.6. The lowest BCUT2D eigenvalue weighted by Gasteiger charge is -2.03. The van der Waals surface area contributed by atoms with E-state index in [0.29, 0.717) is 11.1 Å². The van der Waals surface area contributed by atoms with E-state index in [2.05, 4.69) is 65.4 Å². The summed E-state index contributed by atoms with van der Waals surface area (Å²) >= 11 is 1.54. The Labute approximate surface area is 156 Å². The van der Waals surface area contributed by atoms with Crippen molar-refractivity contribution in [2.75, 3.05) is 0 Å². The Morgan fingerprint density at radius 3 is 2.58 bits per heavy atom. The Kier molecular flexibility index (Phi) is 4.58. The average molecular weight is 362 g/mol. The molecule has 2 heterocycles. The lowest BCUT2D eigenvalue weighted by atomic mass is 10.1. The Balaban J connectivity index is 1.42. The van der Waals surface area contributed by atoms with Gasteiger partial charge in [0.1, 0.15) is 0 Å². The fourth-order valence-corrected chi connectivity index (χ4v) is 3.30. The number of rotatable bonds is 5. The van der Waals surface area contributed by atoms with Crippen LogP contribution in [0, 0.1) is 13.8 Å². The van der Waals surface area contributed by atoms with E-state index in [9.17, 15) is 0 Å². The average Bonchev–Trinajstić information content (AvgIpc) is 3.35. The molecule has 4 aromatic rings. The van der Waals surface area contributed by atoms with Crippen LogP contribution in [0.2, 0.25) is 0 Å². The SMILES string of the molecule is Cc1ccc(-c2nnc(SCc3ccc(-n4ccnc4)cc3)o2)cc1C. The van der Waals surface area contributed by atoms with Gasteiger partial charge in [0.25, 0.3) is 5.22 Å². The predicted octanol–water partition coefficient (Wildman–Crippen LogP) is 4.83. The molecule has 5 nitrogen and oxygen atoms in total. The lowest BCUT2D eigenvalue weighted by Crippen LogP contribution is -1.90. The fraction of sp³-hybridized carbons (Fsp3) is 0.150. The molecular weight excluding hydrogens is 344 g/mol. The van der Waals surface area contributed by atoms with Gasteiger partial charge in [0.2, 0.25) is 5.89 Å². The number of hydrogen-bond acceptors (Lipinski definition) is 5. The third kappa shape index (κ3) is 3.55. The molecule has 0 fully saturated rings. The second-order valence-corrected chi connectivity index (χ2v) is 7.02. The minimum atomic E-state index is 0.561. The van der Waals surface area contributed by atoms with Crippen molar-refractivity contribution in [3.63, 3.8) is 0 Å². The molecule has 0 saturated heterocycles. The fourth-order valence-electron chi connectivity index (χ4n) is 2.58. The van der Waals surface area contributed by atoms with E-state index in [1.807, 2.05) is 16.8 Å². The summed E-state index contributed by atoms with van der Waals surface area (Å²) in [5.74, 6) is 1.34. The van der Waals surface area contributed by atoms with Crippen LogP contribution < -0.4 is 0 Å². The number of imidazole rings is 1.